The van der Waals surface area contributed by atoms with E-state index in [0.29, 0.717) is 25.1 Å². The van der Waals surface area contributed by atoms with Crippen molar-refractivity contribution in [1.82, 2.24) is 9.47 Å². The van der Waals surface area contributed by atoms with Crippen molar-refractivity contribution in [3.63, 3.8) is 0 Å². The van der Waals surface area contributed by atoms with Gasteiger partial charge in [0.25, 0.3) is 11.5 Å². The van der Waals surface area contributed by atoms with Crippen LogP contribution in [0.1, 0.15) is 41.8 Å². The summed E-state index contributed by atoms with van der Waals surface area (Å²) < 4.78 is 41.5. The third-order valence-corrected chi connectivity index (χ3v) is 7.58. The Morgan fingerprint density at radius 2 is 1.94 bits per heavy atom. The number of hydrogen-bond donors (Lipinski definition) is 1. The number of fused-ring (bicyclic) bond motifs is 1. The van der Waals surface area contributed by atoms with Gasteiger partial charge >= 0.3 is 0 Å². The molecule has 1 aromatic carbocycles. The Bertz CT molecular complexity index is 1260. The van der Waals surface area contributed by atoms with Crippen LogP contribution < -0.4 is 11.3 Å². The third-order valence-electron chi connectivity index (χ3n) is 6.39. The standard InChI is InChI=1S/C24H25F2N3O4S/c25-16-6-3-7-17(26)21(16)29-18(30)10-9-15-20(27)22(34-24(15)29)23(31)28-11-4-5-14(28)13-33-19-8-1-2-12-32-19/h3,6-7,9-10,14,19H,1-2,4-5,8,11-13,27H2/t14-,19?/m1/s1. The maximum Gasteiger partial charge on any atom is 0.266 e. The van der Waals surface area contributed by atoms with Crippen LogP contribution in [-0.2, 0) is 9.47 Å². The molecule has 0 radical (unpaired) electrons. The fraction of sp³-hybridized carbons (Fsp3) is 0.417. The Morgan fingerprint density at radius 3 is 2.68 bits per heavy atom. The summed E-state index contributed by atoms with van der Waals surface area (Å²) in [4.78, 5) is 28.3. The molecule has 1 amide bonds. The second-order valence-electron chi connectivity index (χ2n) is 8.56. The molecule has 0 spiro atoms. The van der Waals surface area contributed by atoms with Gasteiger partial charge in [0.1, 0.15) is 27.0 Å². The lowest BCUT2D eigenvalue weighted by molar-refractivity contribution is -0.168. The van der Waals surface area contributed by atoms with Crippen molar-refractivity contribution in [1.29, 1.82) is 0 Å². The molecule has 1 unspecified atom stereocenters. The van der Waals surface area contributed by atoms with Crippen molar-refractivity contribution in [3.8, 4) is 5.69 Å². The minimum Gasteiger partial charge on any atom is -0.397 e. The van der Waals surface area contributed by atoms with Crippen molar-refractivity contribution in [3.05, 3.63) is 57.2 Å². The van der Waals surface area contributed by atoms with Gasteiger partial charge in [0, 0.05) is 24.6 Å². The van der Waals surface area contributed by atoms with E-state index in [1.54, 1.807) is 4.90 Å². The van der Waals surface area contributed by atoms with E-state index < -0.39 is 22.9 Å². The average molecular weight is 490 g/mol. The number of nitrogens with two attached hydrogens (primary N) is 1. The van der Waals surface area contributed by atoms with E-state index in [-0.39, 0.29) is 33.6 Å². The highest BCUT2D eigenvalue weighted by Crippen LogP contribution is 2.36. The quantitative estimate of drug-likeness (QED) is 0.584. The smallest absolute Gasteiger partial charge is 0.266 e. The predicted octanol–water partition coefficient (Wildman–Crippen LogP) is 4.06. The van der Waals surface area contributed by atoms with Gasteiger partial charge in [-0.1, -0.05) is 6.07 Å². The molecule has 0 saturated carbocycles. The summed E-state index contributed by atoms with van der Waals surface area (Å²) in [6.07, 6.45) is 4.32. The summed E-state index contributed by atoms with van der Waals surface area (Å²) in [5.41, 5.74) is 5.42. The molecule has 180 valence electrons. The second-order valence-corrected chi connectivity index (χ2v) is 9.56. The Labute approximate surface area is 198 Å². The number of aromatic nitrogens is 1. The van der Waals surface area contributed by atoms with Gasteiger partial charge in [-0.25, -0.2) is 8.78 Å². The highest BCUT2D eigenvalue weighted by molar-refractivity contribution is 7.21. The number of rotatable bonds is 5. The number of hydrogen-bond acceptors (Lipinski definition) is 6. The normalized spacial score (nSPS) is 20.8. The van der Waals surface area contributed by atoms with Crippen molar-refractivity contribution >= 4 is 33.1 Å². The summed E-state index contributed by atoms with van der Waals surface area (Å²) >= 11 is 0.968. The Morgan fingerprint density at radius 1 is 1.15 bits per heavy atom. The first-order valence-electron chi connectivity index (χ1n) is 11.4. The molecule has 0 aliphatic carbocycles. The third kappa shape index (κ3) is 4.10. The van der Waals surface area contributed by atoms with E-state index in [4.69, 9.17) is 15.2 Å². The van der Waals surface area contributed by atoms with Crippen LogP contribution in [0.3, 0.4) is 0 Å². The summed E-state index contributed by atoms with van der Waals surface area (Å²) in [7, 11) is 0. The lowest BCUT2D eigenvalue weighted by Gasteiger charge is -2.28. The van der Waals surface area contributed by atoms with E-state index in [1.165, 1.54) is 18.2 Å². The molecule has 5 rings (SSSR count). The van der Waals surface area contributed by atoms with Crippen LogP contribution in [0.4, 0.5) is 14.5 Å². The molecule has 2 fully saturated rings. The van der Waals surface area contributed by atoms with Crippen molar-refractivity contribution in [2.24, 2.45) is 0 Å². The summed E-state index contributed by atoms with van der Waals surface area (Å²) in [5, 5.41) is 0.401. The van der Waals surface area contributed by atoms with Gasteiger partial charge in [-0.05, 0) is 50.3 Å². The van der Waals surface area contributed by atoms with Crippen molar-refractivity contribution in [2.75, 3.05) is 25.5 Å². The van der Waals surface area contributed by atoms with Gasteiger partial charge in [0.2, 0.25) is 0 Å². The predicted molar refractivity (Wildman–Crippen MR) is 125 cm³/mol. The number of carbonyl (C=O) groups is 1. The number of benzene rings is 1. The molecule has 2 aromatic heterocycles. The molecule has 3 aromatic rings. The minimum atomic E-state index is -0.879. The van der Waals surface area contributed by atoms with Gasteiger partial charge in [-0.15, -0.1) is 11.3 Å². The largest absolute Gasteiger partial charge is 0.397 e. The first-order valence-corrected chi connectivity index (χ1v) is 12.2. The molecular weight excluding hydrogens is 464 g/mol. The van der Waals surface area contributed by atoms with Crippen LogP contribution in [0.5, 0.6) is 0 Å². The average Bonchev–Trinajstić information content (AvgIpc) is 3.44. The Kier molecular flexibility index (Phi) is 6.37. The molecule has 2 aliphatic heterocycles. The molecule has 2 aliphatic rings. The number of pyridine rings is 1. The number of nitrogen functional groups attached to an aromatic ring is 1. The number of carbonyl (C=O) groups excluding carboxylic acids is 1. The van der Waals surface area contributed by atoms with Gasteiger partial charge in [0.05, 0.1) is 18.3 Å². The van der Waals surface area contributed by atoms with E-state index >= 15 is 0 Å². The van der Waals surface area contributed by atoms with E-state index in [0.717, 1.165) is 60.1 Å². The fourth-order valence-corrected chi connectivity index (χ4v) is 5.82. The van der Waals surface area contributed by atoms with E-state index in [1.807, 2.05) is 0 Å². The van der Waals surface area contributed by atoms with Crippen LogP contribution in [0, 0.1) is 11.6 Å². The van der Waals surface area contributed by atoms with Crippen molar-refractivity contribution < 1.29 is 23.0 Å². The van der Waals surface area contributed by atoms with Gasteiger partial charge in [-0.2, -0.15) is 0 Å². The maximum absolute atomic E-state index is 14.5. The molecular formula is C24H25F2N3O4S. The molecule has 2 atom stereocenters. The topological polar surface area (TPSA) is 86.8 Å². The number of halogens is 2. The van der Waals surface area contributed by atoms with Gasteiger partial charge in [-0.3, -0.25) is 14.2 Å². The van der Waals surface area contributed by atoms with Crippen LogP contribution in [-0.4, -0.2) is 47.5 Å². The summed E-state index contributed by atoms with van der Waals surface area (Å²) in [6.45, 7) is 1.60. The number of likely N-dealkylation sites (tertiary alicyclic amines) is 1. The monoisotopic (exact) mass is 489 g/mol. The zero-order valence-corrected chi connectivity index (χ0v) is 19.3. The number of amides is 1. The van der Waals surface area contributed by atoms with Crippen LogP contribution >= 0.6 is 11.3 Å². The lowest BCUT2D eigenvalue weighted by Crippen LogP contribution is -2.39. The summed E-state index contributed by atoms with van der Waals surface area (Å²) in [6, 6.07) is 5.96. The highest BCUT2D eigenvalue weighted by atomic mass is 32.1. The number of thiophene rings is 1. The van der Waals surface area contributed by atoms with E-state index in [2.05, 4.69) is 0 Å². The number of nitrogens with zero attached hydrogens (tertiary/aromatic N) is 2. The fourth-order valence-electron chi connectivity index (χ4n) is 4.64. The maximum atomic E-state index is 14.5. The number of para-hydroxylation sites is 1. The molecule has 2 N–H and O–H groups in total. The highest BCUT2D eigenvalue weighted by Gasteiger charge is 2.33. The van der Waals surface area contributed by atoms with Crippen molar-refractivity contribution in [2.45, 2.75) is 44.4 Å². The zero-order chi connectivity index (χ0) is 23.8. The second kappa shape index (κ2) is 9.44. The zero-order valence-electron chi connectivity index (χ0n) is 18.5. The molecule has 4 heterocycles. The molecule has 34 heavy (non-hydrogen) atoms. The SMILES string of the molecule is Nc1c(C(=O)N2CCC[C@@H]2COC2CCCCO2)sc2c1ccc(=O)n2-c1c(F)cccc1F. The van der Waals surface area contributed by atoms with Gasteiger partial charge < -0.3 is 20.1 Å². The Hall–Kier alpha value is -2.82. The van der Waals surface area contributed by atoms with Crippen LogP contribution in [0.15, 0.2) is 35.1 Å². The molecule has 10 heteroatoms. The minimum absolute atomic E-state index is 0.117. The van der Waals surface area contributed by atoms with Crippen LogP contribution in [0.2, 0.25) is 0 Å². The van der Waals surface area contributed by atoms with E-state index in [9.17, 15) is 18.4 Å². The molecule has 0 bridgehead atoms. The van der Waals surface area contributed by atoms with Gasteiger partial charge in [0.15, 0.2) is 6.29 Å². The number of anilines is 1. The Balaban J connectivity index is 1.47. The number of ether oxygens (including phenoxy) is 2. The summed E-state index contributed by atoms with van der Waals surface area (Å²) in [5.74, 6) is -2.03. The van der Waals surface area contributed by atoms with Crippen LogP contribution in [0.25, 0.3) is 15.9 Å². The first kappa shape index (κ1) is 22.9. The lowest BCUT2D eigenvalue weighted by atomic mass is 10.2. The molecule has 2 saturated heterocycles. The first-order chi connectivity index (χ1) is 16.5. The molecule has 7 nitrogen and oxygen atoms in total.